The third kappa shape index (κ3) is 3.14. The first-order chi connectivity index (χ1) is 9.01. The Morgan fingerprint density at radius 1 is 1.47 bits per heavy atom. The molecule has 102 valence electrons. The van der Waals surface area contributed by atoms with E-state index in [-0.39, 0.29) is 6.42 Å². The molecule has 0 radical (unpaired) electrons. The largest absolute Gasteiger partial charge is 0.388 e. The van der Waals surface area contributed by atoms with E-state index >= 15 is 0 Å². The Labute approximate surface area is 116 Å². The zero-order valence-electron chi connectivity index (χ0n) is 10.9. The van der Waals surface area contributed by atoms with Gasteiger partial charge in [0, 0.05) is 30.3 Å². The molecule has 2 rings (SSSR count). The van der Waals surface area contributed by atoms with Crippen LogP contribution in [0.1, 0.15) is 29.8 Å². The molecule has 1 aromatic heterocycles. The number of hydrogen-bond acceptors (Lipinski definition) is 2. The van der Waals surface area contributed by atoms with Crippen molar-refractivity contribution in [2.45, 2.75) is 25.9 Å². The molecule has 1 aromatic carbocycles. The van der Waals surface area contributed by atoms with Gasteiger partial charge in [0.15, 0.2) is 0 Å². The fourth-order valence-electron chi connectivity index (χ4n) is 2.11. The van der Waals surface area contributed by atoms with Crippen molar-refractivity contribution in [1.29, 1.82) is 0 Å². The molecule has 1 N–H and O–H groups in total. The Bertz CT molecular complexity index is 583. The lowest BCUT2D eigenvalue weighted by molar-refractivity contribution is 0.176. The minimum Gasteiger partial charge on any atom is -0.388 e. The van der Waals surface area contributed by atoms with Crippen molar-refractivity contribution < 1.29 is 9.50 Å². The number of hydrogen-bond donors (Lipinski definition) is 1. The van der Waals surface area contributed by atoms with E-state index in [1.54, 1.807) is 30.1 Å². The van der Waals surface area contributed by atoms with Crippen LogP contribution in [-0.4, -0.2) is 14.9 Å². The van der Waals surface area contributed by atoms with Crippen LogP contribution in [0.3, 0.4) is 0 Å². The third-order valence-electron chi connectivity index (χ3n) is 3.06. The molecule has 0 amide bonds. The van der Waals surface area contributed by atoms with Crippen LogP contribution < -0.4 is 0 Å². The minimum absolute atomic E-state index is 0.210. The second-order valence-electron chi connectivity index (χ2n) is 4.51. The van der Waals surface area contributed by atoms with Gasteiger partial charge < -0.3 is 5.11 Å². The van der Waals surface area contributed by atoms with Crippen LogP contribution >= 0.6 is 11.6 Å². The van der Waals surface area contributed by atoms with Crippen LogP contribution in [0.4, 0.5) is 4.39 Å². The summed E-state index contributed by atoms with van der Waals surface area (Å²) in [6, 6.07) is 4.48. The van der Waals surface area contributed by atoms with Crippen LogP contribution in [0, 0.1) is 5.82 Å². The maximum Gasteiger partial charge on any atom is 0.127 e. The van der Waals surface area contributed by atoms with Crippen LogP contribution in [0.5, 0.6) is 0 Å². The summed E-state index contributed by atoms with van der Waals surface area (Å²) in [4.78, 5) is 0. The summed E-state index contributed by atoms with van der Waals surface area (Å²) in [6.07, 6.45) is 1.95. The molecule has 0 aliphatic rings. The normalized spacial score (nSPS) is 12.7. The predicted octanol–water partition coefficient (Wildman–Crippen LogP) is 3.05. The summed E-state index contributed by atoms with van der Waals surface area (Å²) in [5, 5.41) is 14.9. The molecule has 0 bridgehead atoms. The van der Waals surface area contributed by atoms with E-state index in [2.05, 4.69) is 5.10 Å². The molecule has 2 aromatic rings. The van der Waals surface area contributed by atoms with E-state index in [0.29, 0.717) is 10.6 Å². The smallest absolute Gasteiger partial charge is 0.127 e. The van der Waals surface area contributed by atoms with Gasteiger partial charge in [-0.05, 0) is 24.1 Å². The van der Waals surface area contributed by atoms with Crippen molar-refractivity contribution in [2.24, 2.45) is 7.05 Å². The Morgan fingerprint density at radius 2 is 2.21 bits per heavy atom. The van der Waals surface area contributed by atoms with Crippen LogP contribution in [0.15, 0.2) is 24.4 Å². The third-order valence-corrected chi connectivity index (χ3v) is 3.29. The Kier molecular flexibility index (Phi) is 4.22. The summed E-state index contributed by atoms with van der Waals surface area (Å²) in [7, 11) is 1.80. The average molecular weight is 283 g/mol. The van der Waals surface area contributed by atoms with Crippen molar-refractivity contribution in [1.82, 2.24) is 9.78 Å². The monoisotopic (exact) mass is 282 g/mol. The molecule has 0 saturated carbocycles. The summed E-state index contributed by atoms with van der Waals surface area (Å²) in [5.74, 6) is -0.395. The van der Waals surface area contributed by atoms with Gasteiger partial charge in [-0.2, -0.15) is 5.10 Å². The molecular weight excluding hydrogens is 267 g/mol. The number of aliphatic hydroxyl groups is 1. The lowest BCUT2D eigenvalue weighted by atomic mass is 10.0. The molecule has 0 fully saturated rings. The zero-order valence-corrected chi connectivity index (χ0v) is 11.7. The van der Waals surface area contributed by atoms with Gasteiger partial charge in [-0.25, -0.2) is 4.39 Å². The van der Waals surface area contributed by atoms with Crippen LogP contribution in [0.25, 0.3) is 0 Å². The van der Waals surface area contributed by atoms with Crippen molar-refractivity contribution in [2.75, 3.05) is 0 Å². The molecule has 1 unspecified atom stereocenters. The number of aliphatic hydroxyl groups excluding tert-OH is 1. The first-order valence-corrected chi connectivity index (χ1v) is 6.53. The van der Waals surface area contributed by atoms with E-state index in [9.17, 15) is 9.50 Å². The van der Waals surface area contributed by atoms with Gasteiger partial charge in [0.25, 0.3) is 0 Å². The number of aromatic nitrogens is 2. The summed E-state index contributed by atoms with van der Waals surface area (Å²) >= 11 is 5.71. The fourth-order valence-corrected chi connectivity index (χ4v) is 2.27. The highest BCUT2D eigenvalue weighted by atomic mass is 35.5. The Balaban J connectivity index is 2.22. The van der Waals surface area contributed by atoms with Gasteiger partial charge in [0.05, 0.1) is 11.8 Å². The molecule has 1 heterocycles. The molecule has 3 nitrogen and oxygen atoms in total. The molecule has 0 spiro atoms. The van der Waals surface area contributed by atoms with Gasteiger partial charge in [-0.15, -0.1) is 0 Å². The number of halogens is 2. The Hall–Kier alpha value is -1.39. The van der Waals surface area contributed by atoms with Gasteiger partial charge in [-0.3, -0.25) is 4.68 Å². The molecule has 19 heavy (non-hydrogen) atoms. The minimum atomic E-state index is -0.765. The second-order valence-corrected chi connectivity index (χ2v) is 4.95. The average Bonchev–Trinajstić information content (AvgIpc) is 2.74. The number of rotatable bonds is 4. The molecule has 1 atom stereocenters. The van der Waals surface area contributed by atoms with Gasteiger partial charge in [0.1, 0.15) is 5.82 Å². The molecule has 0 aliphatic carbocycles. The maximum atomic E-state index is 13.7. The number of nitrogens with zero attached hydrogens (tertiary/aromatic N) is 2. The van der Waals surface area contributed by atoms with E-state index in [4.69, 9.17) is 11.6 Å². The molecule has 5 heteroatoms. The van der Waals surface area contributed by atoms with Crippen molar-refractivity contribution in [3.8, 4) is 0 Å². The SMILES string of the molecule is CCc1nn(C)cc1C(O)Cc1ccc(Cl)cc1F. The number of benzene rings is 1. The van der Waals surface area contributed by atoms with E-state index in [0.717, 1.165) is 17.7 Å². The van der Waals surface area contributed by atoms with Gasteiger partial charge in [0.2, 0.25) is 0 Å². The summed E-state index contributed by atoms with van der Waals surface area (Å²) < 4.78 is 15.4. The highest BCUT2D eigenvalue weighted by molar-refractivity contribution is 6.30. The van der Waals surface area contributed by atoms with Crippen LogP contribution in [0.2, 0.25) is 5.02 Å². The fraction of sp³-hybridized carbons (Fsp3) is 0.357. The van der Waals surface area contributed by atoms with Crippen molar-refractivity contribution >= 4 is 11.6 Å². The molecular formula is C14H16ClFN2O. The maximum absolute atomic E-state index is 13.7. The Morgan fingerprint density at radius 3 is 2.84 bits per heavy atom. The van der Waals surface area contributed by atoms with Crippen molar-refractivity contribution in [3.05, 3.63) is 52.1 Å². The van der Waals surface area contributed by atoms with E-state index in [1.165, 1.54) is 6.07 Å². The quantitative estimate of drug-likeness (QED) is 0.936. The summed E-state index contributed by atoms with van der Waals surface area (Å²) in [5.41, 5.74) is 2.03. The van der Waals surface area contributed by atoms with Gasteiger partial charge in [-0.1, -0.05) is 24.6 Å². The standard InChI is InChI=1S/C14H16ClFN2O/c1-3-13-11(8-18(2)17-13)14(19)6-9-4-5-10(15)7-12(9)16/h4-5,7-8,14,19H,3,6H2,1-2H3. The zero-order chi connectivity index (χ0) is 14.0. The van der Waals surface area contributed by atoms with Gasteiger partial charge >= 0.3 is 0 Å². The highest BCUT2D eigenvalue weighted by Crippen LogP contribution is 2.24. The van der Waals surface area contributed by atoms with Crippen molar-refractivity contribution in [3.63, 3.8) is 0 Å². The lowest BCUT2D eigenvalue weighted by Crippen LogP contribution is -2.05. The van der Waals surface area contributed by atoms with E-state index < -0.39 is 11.9 Å². The van der Waals surface area contributed by atoms with E-state index in [1.807, 2.05) is 6.92 Å². The highest BCUT2D eigenvalue weighted by Gasteiger charge is 2.17. The summed E-state index contributed by atoms with van der Waals surface area (Å²) in [6.45, 7) is 1.97. The second kappa shape index (κ2) is 5.72. The molecule has 0 aliphatic heterocycles. The first-order valence-electron chi connectivity index (χ1n) is 6.15. The predicted molar refractivity (Wildman–Crippen MR) is 72.7 cm³/mol. The first kappa shape index (κ1) is 14.0. The lowest BCUT2D eigenvalue weighted by Gasteiger charge is -2.11. The molecule has 0 saturated heterocycles. The van der Waals surface area contributed by atoms with Crippen LogP contribution in [-0.2, 0) is 19.9 Å². The number of aryl methyl sites for hydroxylation is 2. The topological polar surface area (TPSA) is 38.0 Å².